The minimum atomic E-state index is -0.461. The predicted molar refractivity (Wildman–Crippen MR) is 155 cm³/mol. The molecule has 0 aromatic heterocycles. The van der Waals surface area contributed by atoms with Gasteiger partial charge in [-0.25, -0.2) is 10.2 Å². The van der Waals surface area contributed by atoms with Gasteiger partial charge in [-0.15, -0.1) is 0 Å². The molecule has 0 aliphatic heterocycles. The van der Waals surface area contributed by atoms with Gasteiger partial charge in [0.1, 0.15) is 5.75 Å². The van der Waals surface area contributed by atoms with Crippen molar-refractivity contribution in [3.05, 3.63) is 64.1 Å². The molecule has 0 atom stereocenters. The first kappa shape index (κ1) is 31.2. The molecule has 0 fully saturated rings. The first-order chi connectivity index (χ1) is 18.5. The van der Waals surface area contributed by atoms with Gasteiger partial charge in [-0.1, -0.05) is 83.3 Å². The third-order valence-electron chi connectivity index (χ3n) is 6.04. The highest BCUT2D eigenvalue weighted by Gasteiger charge is 2.11. The van der Waals surface area contributed by atoms with Crippen LogP contribution in [0.5, 0.6) is 5.75 Å². The predicted octanol–water partition coefficient (Wildman–Crippen LogP) is 6.94. The SMILES string of the molecule is CCCCCCCCCCCCCC(=O)NCC(=O)N/N=C/c1ccc(OC(=O)c2ccccc2Br)cc1. The number of amides is 2. The van der Waals surface area contributed by atoms with E-state index in [9.17, 15) is 14.4 Å². The number of ether oxygens (including phenoxy) is 1. The van der Waals surface area contributed by atoms with Crippen LogP contribution in [-0.4, -0.2) is 30.5 Å². The summed E-state index contributed by atoms with van der Waals surface area (Å²) in [7, 11) is 0. The molecule has 206 valence electrons. The van der Waals surface area contributed by atoms with Gasteiger partial charge in [0.15, 0.2) is 0 Å². The lowest BCUT2D eigenvalue weighted by Gasteiger charge is -2.06. The number of hydrogen-bond acceptors (Lipinski definition) is 5. The number of hydrazone groups is 1. The Balaban J connectivity index is 1.54. The number of benzene rings is 2. The number of halogens is 1. The van der Waals surface area contributed by atoms with Crippen LogP contribution in [0.25, 0.3) is 0 Å². The lowest BCUT2D eigenvalue weighted by Crippen LogP contribution is -2.34. The second-order valence-electron chi connectivity index (χ2n) is 9.29. The van der Waals surface area contributed by atoms with Gasteiger partial charge < -0.3 is 10.1 Å². The van der Waals surface area contributed by atoms with E-state index in [1.165, 1.54) is 57.6 Å². The van der Waals surface area contributed by atoms with Crippen molar-refractivity contribution in [1.82, 2.24) is 10.7 Å². The number of nitrogens with zero attached hydrogens (tertiary/aromatic N) is 1. The van der Waals surface area contributed by atoms with Gasteiger partial charge >= 0.3 is 5.97 Å². The lowest BCUT2D eigenvalue weighted by atomic mass is 10.1. The van der Waals surface area contributed by atoms with Crippen molar-refractivity contribution >= 4 is 39.9 Å². The zero-order chi connectivity index (χ0) is 27.4. The largest absolute Gasteiger partial charge is 0.423 e. The summed E-state index contributed by atoms with van der Waals surface area (Å²) in [6.45, 7) is 2.13. The van der Waals surface area contributed by atoms with Crippen LogP contribution in [0, 0.1) is 0 Å². The normalized spacial score (nSPS) is 10.9. The average Bonchev–Trinajstić information content (AvgIpc) is 2.91. The number of unbranched alkanes of at least 4 members (excludes halogenated alkanes) is 10. The van der Waals surface area contributed by atoms with Crippen LogP contribution in [-0.2, 0) is 9.59 Å². The van der Waals surface area contributed by atoms with Crippen molar-refractivity contribution in [1.29, 1.82) is 0 Å². The molecule has 2 aromatic rings. The Labute approximate surface area is 234 Å². The lowest BCUT2D eigenvalue weighted by molar-refractivity contribution is -0.126. The summed E-state index contributed by atoms with van der Waals surface area (Å²) in [4.78, 5) is 36.2. The van der Waals surface area contributed by atoms with Gasteiger partial charge in [-0.2, -0.15) is 5.10 Å². The molecule has 0 aliphatic carbocycles. The summed E-state index contributed by atoms with van der Waals surface area (Å²) in [5.41, 5.74) is 3.55. The van der Waals surface area contributed by atoms with E-state index in [2.05, 4.69) is 38.7 Å². The van der Waals surface area contributed by atoms with Gasteiger partial charge in [0.2, 0.25) is 5.91 Å². The second kappa shape index (κ2) is 19.1. The van der Waals surface area contributed by atoms with Crippen molar-refractivity contribution in [2.75, 3.05) is 6.54 Å². The monoisotopic (exact) mass is 585 g/mol. The summed E-state index contributed by atoms with van der Waals surface area (Å²) >= 11 is 3.34. The van der Waals surface area contributed by atoms with Crippen molar-refractivity contribution in [3.8, 4) is 5.75 Å². The molecule has 2 aromatic carbocycles. The maximum absolute atomic E-state index is 12.3. The van der Waals surface area contributed by atoms with E-state index in [1.54, 1.807) is 42.5 Å². The topological polar surface area (TPSA) is 96.9 Å². The number of hydrogen-bond donors (Lipinski definition) is 2. The van der Waals surface area contributed by atoms with Gasteiger partial charge in [0, 0.05) is 10.9 Å². The minimum Gasteiger partial charge on any atom is -0.423 e. The fraction of sp³-hybridized carbons (Fsp3) is 0.467. The second-order valence-corrected chi connectivity index (χ2v) is 10.1. The van der Waals surface area contributed by atoms with E-state index >= 15 is 0 Å². The summed E-state index contributed by atoms with van der Waals surface area (Å²) in [5, 5.41) is 6.54. The van der Waals surface area contributed by atoms with Gasteiger partial charge in [-0.3, -0.25) is 9.59 Å². The van der Waals surface area contributed by atoms with Crippen LogP contribution in [0.4, 0.5) is 0 Å². The van der Waals surface area contributed by atoms with Crippen molar-refractivity contribution < 1.29 is 19.1 Å². The Bertz CT molecular complexity index is 1020. The molecule has 0 bridgehead atoms. The molecular weight excluding hydrogens is 546 g/mol. The van der Waals surface area contributed by atoms with E-state index < -0.39 is 11.9 Å². The summed E-state index contributed by atoms with van der Waals surface area (Å²) in [6, 6.07) is 13.8. The molecule has 0 aliphatic rings. The minimum absolute atomic E-state index is 0.113. The van der Waals surface area contributed by atoms with E-state index in [0.717, 1.165) is 19.3 Å². The van der Waals surface area contributed by atoms with Crippen LogP contribution in [0.1, 0.15) is 99.9 Å². The molecule has 8 heteroatoms. The third-order valence-corrected chi connectivity index (χ3v) is 6.73. The molecule has 2 amide bonds. The molecule has 0 saturated carbocycles. The maximum Gasteiger partial charge on any atom is 0.344 e. The highest BCUT2D eigenvalue weighted by Crippen LogP contribution is 2.19. The number of nitrogens with one attached hydrogen (secondary N) is 2. The van der Waals surface area contributed by atoms with Gasteiger partial charge in [0.05, 0.1) is 18.3 Å². The van der Waals surface area contributed by atoms with Crippen LogP contribution in [0.15, 0.2) is 58.1 Å². The fourth-order valence-electron chi connectivity index (χ4n) is 3.85. The van der Waals surface area contributed by atoms with Gasteiger partial charge in [-0.05, 0) is 64.3 Å². The maximum atomic E-state index is 12.3. The molecular formula is C30H40BrN3O4. The Hall–Kier alpha value is -3.00. The molecule has 0 saturated heterocycles. The molecule has 0 spiro atoms. The van der Waals surface area contributed by atoms with Crippen LogP contribution in [0.2, 0.25) is 0 Å². The number of rotatable bonds is 18. The zero-order valence-electron chi connectivity index (χ0n) is 22.3. The quantitative estimate of drug-likeness (QED) is 0.0651. The number of carbonyl (C=O) groups is 3. The first-order valence-corrected chi connectivity index (χ1v) is 14.4. The van der Waals surface area contributed by atoms with E-state index in [0.29, 0.717) is 27.8 Å². The van der Waals surface area contributed by atoms with Crippen molar-refractivity contribution in [3.63, 3.8) is 0 Å². The first-order valence-electron chi connectivity index (χ1n) is 13.6. The van der Waals surface area contributed by atoms with Crippen LogP contribution in [0.3, 0.4) is 0 Å². The third kappa shape index (κ3) is 13.5. The molecule has 0 radical (unpaired) electrons. The molecule has 2 N–H and O–H groups in total. The Morgan fingerprint density at radius 2 is 1.42 bits per heavy atom. The Kier molecular flexibility index (Phi) is 15.7. The van der Waals surface area contributed by atoms with E-state index in [-0.39, 0.29) is 12.5 Å². The molecule has 7 nitrogen and oxygen atoms in total. The average molecular weight is 587 g/mol. The smallest absolute Gasteiger partial charge is 0.344 e. The van der Waals surface area contributed by atoms with Crippen molar-refractivity contribution in [2.24, 2.45) is 5.10 Å². The van der Waals surface area contributed by atoms with E-state index in [1.807, 2.05) is 6.07 Å². The number of carbonyl (C=O) groups excluding carboxylic acids is 3. The highest BCUT2D eigenvalue weighted by molar-refractivity contribution is 9.10. The molecule has 0 heterocycles. The summed E-state index contributed by atoms with van der Waals surface area (Å²) < 4.78 is 6.04. The Morgan fingerprint density at radius 3 is 2.05 bits per heavy atom. The molecule has 2 rings (SSSR count). The van der Waals surface area contributed by atoms with Gasteiger partial charge in [0.25, 0.3) is 5.91 Å². The number of esters is 1. The van der Waals surface area contributed by atoms with Crippen LogP contribution >= 0.6 is 15.9 Å². The zero-order valence-corrected chi connectivity index (χ0v) is 23.9. The standard InChI is InChI=1S/C30H40BrN3O4/c1-2-3-4-5-6-7-8-9-10-11-12-17-28(35)32-23-29(36)34-33-22-24-18-20-25(21-19-24)38-30(37)26-15-13-14-16-27(26)31/h13-16,18-22H,2-12,17,23H2,1H3,(H,32,35)(H,34,36)/b33-22+. The Morgan fingerprint density at radius 1 is 0.816 bits per heavy atom. The van der Waals surface area contributed by atoms with E-state index in [4.69, 9.17) is 4.74 Å². The molecule has 0 unspecified atom stereocenters. The summed E-state index contributed by atoms with van der Waals surface area (Å²) in [5.74, 6) is -0.579. The van der Waals surface area contributed by atoms with Crippen molar-refractivity contribution in [2.45, 2.75) is 84.0 Å². The fourth-order valence-corrected chi connectivity index (χ4v) is 4.29. The van der Waals surface area contributed by atoms with Crippen LogP contribution < -0.4 is 15.5 Å². The molecule has 38 heavy (non-hydrogen) atoms. The summed E-state index contributed by atoms with van der Waals surface area (Å²) in [6.07, 6.45) is 15.5. The highest BCUT2D eigenvalue weighted by atomic mass is 79.9.